The Morgan fingerprint density at radius 3 is 2.27 bits per heavy atom. The molecule has 2 aromatic heterocycles. The number of benzene rings is 1. The van der Waals surface area contributed by atoms with Crippen LogP contribution in [0.15, 0.2) is 29.2 Å². The zero-order valence-electron chi connectivity index (χ0n) is 17.5. The third-order valence-electron chi connectivity index (χ3n) is 5.53. The maximum Gasteiger partial charge on any atom is 0.243 e. The summed E-state index contributed by atoms with van der Waals surface area (Å²) in [6, 6.07) is 6.34. The Morgan fingerprint density at radius 2 is 1.67 bits per heavy atom. The summed E-state index contributed by atoms with van der Waals surface area (Å²) in [5, 5.41) is 1.62. The van der Waals surface area contributed by atoms with Crippen LogP contribution >= 0.6 is 22.9 Å². The molecular weight excluding hydrogens is 440 g/mol. The van der Waals surface area contributed by atoms with Crippen molar-refractivity contribution in [3.8, 4) is 0 Å². The standard InChI is InChI=1S/C21H25ClN4O2S2/c1-13(2)19-23-20(18-14(3)15(4)29-21(18)24-19)25-9-11-26(12-10-25)30(27,28)17-7-5-16(22)6-8-17/h5-8,13H,9-12H2,1-4H3. The molecule has 0 radical (unpaired) electrons. The molecule has 0 unspecified atom stereocenters. The van der Waals surface area contributed by atoms with Gasteiger partial charge in [0.1, 0.15) is 16.5 Å². The molecule has 0 spiro atoms. The fourth-order valence-corrected chi connectivity index (χ4v) is 6.21. The summed E-state index contributed by atoms with van der Waals surface area (Å²) in [5.41, 5.74) is 1.21. The molecule has 3 aromatic rings. The van der Waals surface area contributed by atoms with Gasteiger partial charge < -0.3 is 4.90 Å². The normalized spacial score (nSPS) is 16.0. The molecule has 1 aliphatic rings. The molecule has 6 nitrogen and oxygen atoms in total. The number of aryl methyl sites for hydroxylation is 2. The van der Waals surface area contributed by atoms with Crippen molar-refractivity contribution in [3.05, 3.63) is 45.6 Å². The van der Waals surface area contributed by atoms with E-state index in [0.717, 1.165) is 21.9 Å². The predicted octanol–water partition coefficient (Wildman–Crippen LogP) is 4.60. The Labute approximate surface area is 186 Å². The van der Waals surface area contributed by atoms with Crippen molar-refractivity contribution >= 4 is 49.0 Å². The van der Waals surface area contributed by atoms with Crippen molar-refractivity contribution in [1.29, 1.82) is 0 Å². The maximum absolute atomic E-state index is 13.0. The van der Waals surface area contributed by atoms with Gasteiger partial charge in [0, 0.05) is 42.0 Å². The van der Waals surface area contributed by atoms with E-state index in [1.54, 1.807) is 39.9 Å². The van der Waals surface area contributed by atoms with Gasteiger partial charge >= 0.3 is 0 Å². The molecule has 1 aromatic carbocycles. The second-order valence-corrected chi connectivity index (χ2v) is 11.4. The number of fused-ring (bicyclic) bond motifs is 1. The van der Waals surface area contributed by atoms with E-state index in [4.69, 9.17) is 21.6 Å². The molecule has 0 aliphatic carbocycles. The first kappa shape index (κ1) is 21.5. The number of hydrogen-bond donors (Lipinski definition) is 0. The molecule has 4 rings (SSSR count). The molecule has 0 bridgehead atoms. The smallest absolute Gasteiger partial charge is 0.243 e. The highest BCUT2D eigenvalue weighted by Crippen LogP contribution is 2.36. The number of hydrogen-bond acceptors (Lipinski definition) is 6. The molecule has 3 heterocycles. The predicted molar refractivity (Wildman–Crippen MR) is 123 cm³/mol. The van der Waals surface area contributed by atoms with Gasteiger partial charge in [-0.3, -0.25) is 0 Å². The van der Waals surface area contributed by atoms with Gasteiger partial charge in [-0.1, -0.05) is 25.4 Å². The number of aromatic nitrogens is 2. The van der Waals surface area contributed by atoms with Crippen LogP contribution in [-0.4, -0.2) is 48.9 Å². The lowest BCUT2D eigenvalue weighted by molar-refractivity contribution is 0.384. The third-order valence-corrected chi connectivity index (χ3v) is 8.80. The molecule has 160 valence electrons. The third kappa shape index (κ3) is 3.82. The van der Waals surface area contributed by atoms with E-state index in [9.17, 15) is 8.42 Å². The number of halogens is 1. The van der Waals surface area contributed by atoms with Crippen LogP contribution in [0.5, 0.6) is 0 Å². The second kappa shape index (κ2) is 8.07. The van der Waals surface area contributed by atoms with E-state index in [-0.39, 0.29) is 10.8 Å². The monoisotopic (exact) mass is 464 g/mol. The van der Waals surface area contributed by atoms with Crippen LogP contribution in [0.25, 0.3) is 10.2 Å². The van der Waals surface area contributed by atoms with Crippen LogP contribution in [0.3, 0.4) is 0 Å². The van der Waals surface area contributed by atoms with Gasteiger partial charge in [-0.05, 0) is 43.7 Å². The van der Waals surface area contributed by atoms with Gasteiger partial charge in [0.15, 0.2) is 0 Å². The van der Waals surface area contributed by atoms with Gasteiger partial charge in [-0.15, -0.1) is 11.3 Å². The Bertz CT molecular complexity index is 1180. The lowest BCUT2D eigenvalue weighted by Gasteiger charge is -2.35. The van der Waals surface area contributed by atoms with Gasteiger partial charge in [-0.2, -0.15) is 4.31 Å². The highest BCUT2D eigenvalue weighted by molar-refractivity contribution is 7.89. The summed E-state index contributed by atoms with van der Waals surface area (Å²) in [7, 11) is -3.54. The summed E-state index contributed by atoms with van der Waals surface area (Å²) in [6.45, 7) is 10.4. The van der Waals surface area contributed by atoms with E-state index in [2.05, 4.69) is 32.6 Å². The topological polar surface area (TPSA) is 66.4 Å². The van der Waals surface area contributed by atoms with Crippen LogP contribution in [0.4, 0.5) is 5.82 Å². The van der Waals surface area contributed by atoms with Crippen LogP contribution in [-0.2, 0) is 10.0 Å². The van der Waals surface area contributed by atoms with Gasteiger partial charge in [0.05, 0.1) is 10.3 Å². The summed E-state index contributed by atoms with van der Waals surface area (Å²) in [5.74, 6) is 1.98. The molecule has 1 fully saturated rings. The molecular formula is C21H25ClN4O2S2. The minimum absolute atomic E-state index is 0.224. The first-order valence-corrected chi connectivity index (χ1v) is 12.6. The van der Waals surface area contributed by atoms with Crippen LogP contribution in [0.2, 0.25) is 5.02 Å². The molecule has 1 aliphatic heterocycles. The van der Waals surface area contributed by atoms with E-state index in [0.29, 0.717) is 31.2 Å². The molecule has 30 heavy (non-hydrogen) atoms. The summed E-state index contributed by atoms with van der Waals surface area (Å²) < 4.78 is 27.5. The molecule has 0 atom stereocenters. The number of thiophene rings is 1. The fourth-order valence-electron chi connectivity index (χ4n) is 3.63. The Kier molecular flexibility index (Phi) is 5.78. The van der Waals surface area contributed by atoms with Gasteiger partial charge in [-0.25, -0.2) is 18.4 Å². The van der Waals surface area contributed by atoms with Crippen LogP contribution in [0, 0.1) is 13.8 Å². The number of nitrogens with zero attached hydrogens (tertiary/aromatic N) is 4. The van der Waals surface area contributed by atoms with Crippen molar-refractivity contribution in [2.75, 3.05) is 31.1 Å². The Morgan fingerprint density at radius 1 is 1.03 bits per heavy atom. The largest absolute Gasteiger partial charge is 0.353 e. The highest BCUT2D eigenvalue weighted by atomic mass is 35.5. The molecule has 9 heteroatoms. The van der Waals surface area contributed by atoms with Crippen molar-refractivity contribution in [2.45, 2.75) is 38.5 Å². The number of piperazine rings is 1. The quantitative estimate of drug-likeness (QED) is 0.564. The average molecular weight is 465 g/mol. The van der Waals surface area contributed by atoms with Crippen molar-refractivity contribution in [3.63, 3.8) is 0 Å². The summed E-state index contributed by atoms with van der Waals surface area (Å²) in [4.78, 5) is 14.4. The van der Waals surface area contributed by atoms with Crippen molar-refractivity contribution in [1.82, 2.24) is 14.3 Å². The van der Waals surface area contributed by atoms with E-state index in [1.807, 2.05) is 0 Å². The van der Waals surface area contributed by atoms with E-state index in [1.165, 1.54) is 10.4 Å². The lowest BCUT2D eigenvalue weighted by atomic mass is 10.1. The summed E-state index contributed by atoms with van der Waals surface area (Å²) in [6.07, 6.45) is 0. The van der Waals surface area contributed by atoms with E-state index >= 15 is 0 Å². The van der Waals surface area contributed by atoms with Crippen molar-refractivity contribution in [2.24, 2.45) is 0 Å². The molecule has 0 N–H and O–H groups in total. The Balaban J connectivity index is 1.63. The highest BCUT2D eigenvalue weighted by Gasteiger charge is 2.30. The summed E-state index contributed by atoms with van der Waals surface area (Å²) >= 11 is 7.60. The molecule has 0 amide bonds. The Hall–Kier alpha value is -1.74. The second-order valence-electron chi connectivity index (χ2n) is 7.87. The van der Waals surface area contributed by atoms with Gasteiger partial charge in [0.25, 0.3) is 0 Å². The zero-order valence-corrected chi connectivity index (χ0v) is 19.9. The lowest BCUT2D eigenvalue weighted by Crippen LogP contribution is -2.49. The van der Waals surface area contributed by atoms with E-state index < -0.39 is 10.0 Å². The number of rotatable bonds is 4. The van der Waals surface area contributed by atoms with Crippen molar-refractivity contribution < 1.29 is 8.42 Å². The fraction of sp³-hybridized carbons (Fsp3) is 0.429. The maximum atomic E-state index is 13.0. The SMILES string of the molecule is Cc1sc2nc(C(C)C)nc(N3CCN(S(=O)(=O)c4ccc(Cl)cc4)CC3)c2c1C. The first-order chi connectivity index (χ1) is 14.2. The number of anilines is 1. The minimum Gasteiger partial charge on any atom is -0.353 e. The average Bonchev–Trinajstić information content (AvgIpc) is 3.01. The number of sulfonamides is 1. The zero-order chi connectivity index (χ0) is 21.6. The minimum atomic E-state index is -3.54. The van der Waals surface area contributed by atoms with Crippen LogP contribution < -0.4 is 4.90 Å². The first-order valence-electron chi connectivity index (χ1n) is 9.96. The molecule has 1 saturated heterocycles. The molecule has 0 saturated carbocycles. The van der Waals surface area contributed by atoms with Crippen LogP contribution in [0.1, 0.15) is 36.0 Å². The van der Waals surface area contributed by atoms with Gasteiger partial charge in [0.2, 0.25) is 10.0 Å².